The van der Waals surface area contributed by atoms with E-state index in [1.54, 1.807) is 6.20 Å². The Balaban J connectivity index is 2.43. The van der Waals surface area contributed by atoms with Crippen molar-refractivity contribution in [2.24, 2.45) is 0 Å². The highest BCUT2D eigenvalue weighted by Crippen LogP contribution is 1.98. The summed E-state index contributed by atoms with van der Waals surface area (Å²) in [6.07, 6.45) is 3.50. The minimum atomic E-state index is -0.0820. The first-order valence-electron chi connectivity index (χ1n) is 2.87. The van der Waals surface area contributed by atoms with Crippen LogP contribution >= 0.6 is 0 Å². The third kappa shape index (κ3) is 2.09. The fourth-order valence-electron chi connectivity index (χ4n) is 0.559. The molecule has 0 aliphatic rings. The van der Waals surface area contributed by atoms with Gasteiger partial charge in [0.25, 0.3) is 0 Å². The number of carbonyl (C=O) groups is 1. The van der Waals surface area contributed by atoms with Crippen LogP contribution in [0.3, 0.4) is 0 Å². The first-order chi connectivity index (χ1) is 5.33. The van der Waals surface area contributed by atoms with E-state index in [0.717, 1.165) is 0 Å². The van der Waals surface area contributed by atoms with Crippen LogP contribution in [-0.2, 0) is 4.79 Å². The van der Waals surface area contributed by atoms with E-state index in [4.69, 9.17) is 5.41 Å². The number of carbonyl (C=O) groups excluding carboxylic acids is 1. The van der Waals surface area contributed by atoms with Crippen LogP contribution < -0.4 is 10.6 Å². The zero-order valence-electron chi connectivity index (χ0n) is 5.59. The quantitative estimate of drug-likeness (QED) is 0.262. The number of aromatic amines is 1. The largest absolute Gasteiger partial charge is 0.324 e. The molecule has 0 aliphatic heterocycles. The van der Waals surface area contributed by atoms with Crippen molar-refractivity contribution >= 4 is 18.1 Å². The number of hydrogen-bond acceptors (Lipinski definition) is 3. The lowest BCUT2D eigenvalue weighted by molar-refractivity contribution is -0.108. The minimum Gasteiger partial charge on any atom is -0.324 e. The monoisotopic (exact) mass is 153 g/mol. The molecule has 0 unspecified atom stereocenters. The topological polar surface area (TPSA) is 93.7 Å². The van der Waals surface area contributed by atoms with Crippen molar-refractivity contribution in [1.82, 2.24) is 15.5 Å². The van der Waals surface area contributed by atoms with Crippen LogP contribution in [-0.4, -0.2) is 22.6 Å². The van der Waals surface area contributed by atoms with Gasteiger partial charge in [0.15, 0.2) is 5.96 Å². The predicted molar refractivity (Wildman–Crippen MR) is 39.1 cm³/mol. The number of guanidine groups is 1. The van der Waals surface area contributed by atoms with Crippen LogP contribution in [0, 0.1) is 5.41 Å². The maximum atomic E-state index is 9.83. The molecule has 0 atom stereocenters. The van der Waals surface area contributed by atoms with Crippen molar-refractivity contribution in [1.29, 1.82) is 5.41 Å². The van der Waals surface area contributed by atoms with Gasteiger partial charge in [0, 0.05) is 6.20 Å². The van der Waals surface area contributed by atoms with E-state index in [9.17, 15) is 4.79 Å². The van der Waals surface area contributed by atoms with Crippen molar-refractivity contribution in [3.8, 4) is 0 Å². The van der Waals surface area contributed by atoms with Gasteiger partial charge >= 0.3 is 0 Å². The van der Waals surface area contributed by atoms with Gasteiger partial charge in [-0.1, -0.05) is 0 Å². The Bertz CT molecular complexity index is 241. The molecule has 11 heavy (non-hydrogen) atoms. The van der Waals surface area contributed by atoms with Gasteiger partial charge in [-0.05, 0) is 0 Å². The molecule has 0 aliphatic carbocycles. The van der Waals surface area contributed by atoms with Crippen LogP contribution in [0.1, 0.15) is 0 Å². The maximum Gasteiger partial charge on any atom is 0.213 e. The molecule has 0 bridgehead atoms. The molecule has 1 aromatic heterocycles. The number of anilines is 1. The van der Waals surface area contributed by atoms with E-state index < -0.39 is 0 Å². The molecule has 6 heteroatoms. The Hall–Kier alpha value is -1.85. The van der Waals surface area contributed by atoms with Crippen molar-refractivity contribution in [3.63, 3.8) is 0 Å². The van der Waals surface area contributed by atoms with E-state index >= 15 is 0 Å². The molecule has 58 valence electrons. The summed E-state index contributed by atoms with van der Waals surface area (Å²) in [5, 5.41) is 18.0. The van der Waals surface area contributed by atoms with Gasteiger partial charge in [0.05, 0.1) is 11.9 Å². The van der Waals surface area contributed by atoms with Crippen LogP contribution in [0.2, 0.25) is 0 Å². The zero-order chi connectivity index (χ0) is 8.10. The first kappa shape index (κ1) is 7.26. The molecule has 1 aromatic rings. The number of nitrogens with one attached hydrogen (secondary N) is 4. The van der Waals surface area contributed by atoms with Crippen molar-refractivity contribution in [3.05, 3.63) is 12.4 Å². The summed E-state index contributed by atoms with van der Waals surface area (Å²) < 4.78 is 0. The molecule has 0 fully saturated rings. The summed E-state index contributed by atoms with van der Waals surface area (Å²) in [5.41, 5.74) is 0.629. The van der Waals surface area contributed by atoms with Gasteiger partial charge in [-0.15, -0.1) is 0 Å². The second-order valence-electron chi connectivity index (χ2n) is 1.75. The fraction of sp³-hybridized carbons (Fsp3) is 0. The molecule has 1 heterocycles. The van der Waals surface area contributed by atoms with Crippen LogP contribution in [0.5, 0.6) is 0 Å². The van der Waals surface area contributed by atoms with E-state index in [1.807, 2.05) is 0 Å². The lowest BCUT2D eigenvalue weighted by Crippen LogP contribution is -2.27. The molecule has 0 aromatic carbocycles. The summed E-state index contributed by atoms with van der Waals surface area (Å²) in [6.45, 7) is 0. The van der Waals surface area contributed by atoms with Crippen molar-refractivity contribution in [2.75, 3.05) is 5.32 Å². The predicted octanol–water partition coefficient (Wildman–Crippen LogP) is -0.498. The molecule has 4 N–H and O–H groups in total. The third-order valence-electron chi connectivity index (χ3n) is 0.971. The van der Waals surface area contributed by atoms with Crippen LogP contribution in [0.25, 0.3) is 0 Å². The third-order valence-corrected chi connectivity index (χ3v) is 0.971. The van der Waals surface area contributed by atoms with Gasteiger partial charge < -0.3 is 5.32 Å². The lowest BCUT2D eigenvalue weighted by atomic mass is 10.6. The lowest BCUT2D eigenvalue weighted by Gasteiger charge is -2.00. The molecule has 1 amide bonds. The first-order valence-corrected chi connectivity index (χ1v) is 2.87. The minimum absolute atomic E-state index is 0.0820. The standard InChI is InChI=1S/C5H7N5O/c6-5(7-3-11)10-4-1-8-9-2-4/h1-3H,(H,8,9)(H3,6,7,10,11). The number of rotatable bonds is 2. The summed E-state index contributed by atoms with van der Waals surface area (Å²) in [5.74, 6) is -0.0820. The highest BCUT2D eigenvalue weighted by Gasteiger charge is 1.94. The maximum absolute atomic E-state index is 9.83. The Morgan fingerprint density at radius 1 is 1.82 bits per heavy atom. The molecular formula is C5H7N5O. The van der Waals surface area contributed by atoms with Gasteiger partial charge in [-0.2, -0.15) is 5.10 Å². The molecule has 0 radical (unpaired) electrons. The molecular weight excluding hydrogens is 146 g/mol. The van der Waals surface area contributed by atoms with Crippen molar-refractivity contribution in [2.45, 2.75) is 0 Å². The van der Waals surface area contributed by atoms with Crippen LogP contribution in [0.15, 0.2) is 12.4 Å². The van der Waals surface area contributed by atoms with Crippen LogP contribution in [0.4, 0.5) is 5.69 Å². The van der Waals surface area contributed by atoms with E-state index in [1.165, 1.54) is 6.20 Å². The Kier molecular flexibility index (Phi) is 2.21. The normalized spacial score (nSPS) is 8.73. The number of hydrogen-bond donors (Lipinski definition) is 4. The summed E-state index contributed by atoms with van der Waals surface area (Å²) in [4.78, 5) is 9.83. The second kappa shape index (κ2) is 3.35. The molecule has 0 spiro atoms. The molecule has 1 rings (SSSR count). The summed E-state index contributed by atoms with van der Waals surface area (Å²) >= 11 is 0. The zero-order valence-corrected chi connectivity index (χ0v) is 5.59. The smallest absolute Gasteiger partial charge is 0.213 e. The summed E-state index contributed by atoms with van der Waals surface area (Å²) in [6, 6.07) is 0. The molecule has 6 nitrogen and oxygen atoms in total. The van der Waals surface area contributed by atoms with Gasteiger partial charge in [-0.3, -0.25) is 20.6 Å². The van der Waals surface area contributed by atoms with Gasteiger partial charge in [0.1, 0.15) is 0 Å². The van der Waals surface area contributed by atoms with E-state index in [0.29, 0.717) is 12.1 Å². The average Bonchev–Trinajstić information content (AvgIpc) is 2.40. The molecule has 0 saturated carbocycles. The van der Waals surface area contributed by atoms with E-state index in [2.05, 4.69) is 20.8 Å². The molecule has 0 saturated heterocycles. The van der Waals surface area contributed by atoms with Gasteiger partial charge in [0.2, 0.25) is 6.41 Å². The Labute approximate surface area is 62.5 Å². The SMILES string of the molecule is N=C(NC=O)Nc1cn[nH]c1. The van der Waals surface area contributed by atoms with E-state index in [-0.39, 0.29) is 5.96 Å². The fourth-order valence-corrected chi connectivity index (χ4v) is 0.559. The second-order valence-corrected chi connectivity index (χ2v) is 1.75. The number of amides is 1. The number of nitrogens with zero attached hydrogens (tertiary/aromatic N) is 1. The highest BCUT2D eigenvalue weighted by atomic mass is 16.1. The highest BCUT2D eigenvalue weighted by molar-refractivity contribution is 5.96. The summed E-state index contributed by atoms with van der Waals surface area (Å²) in [7, 11) is 0. The average molecular weight is 153 g/mol. The van der Waals surface area contributed by atoms with Gasteiger partial charge in [-0.25, -0.2) is 0 Å². The number of aromatic nitrogens is 2. The Morgan fingerprint density at radius 2 is 2.64 bits per heavy atom. The Morgan fingerprint density at radius 3 is 3.18 bits per heavy atom. The number of H-pyrrole nitrogens is 1. The van der Waals surface area contributed by atoms with Crippen molar-refractivity contribution < 1.29 is 4.79 Å².